The van der Waals surface area contributed by atoms with Gasteiger partial charge in [0.15, 0.2) is 0 Å². The van der Waals surface area contributed by atoms with Crippen LogP contribution in [0.25, 0.3) is 16.3 Å². The van der Waals surface area contributed by atoms with Gasteiger partial charge in [0.25, 0.3) is 5.69 Å². The highest BCUT2D eigenvalue weighted by Gasteiger charge is 2.24. The number of halogens is 1. The molecule has 0 aliphatic heterocycles. The molecule has 0 heterocycles. The predicted octanol–water partition coefficient (Wildman–Crippen LogP) is 5.56. The minimum absolute atomic E-state index is 0.166. The molecule has 2 aliphatic rings. The number of hydrogen-bond donors (Lipinski definition) is 0. The average molecular weight is 356 g/mol. The van der Waals surface area contributed by atoms with E-state index in [4.69, 9.17) is 0 Å². The Morgan fingerprint density at radius 3 is 2.68 bits per heavy atom. The van der Waals surface area contributed by atoms with Crippen molar-refractivity contribution in [1.29, 1.82) is 0 Å². The van der Waals surface area contributed by atoms with E-state index >= 15 is 0 Å². The fourth-order valence-electron chi connectivity index (χ4n) is 3.66. The molecule has 3 nitrogen and oxygen atoms in total. The summed E-state index contributed by atoms with van der Waals surface area (Å²) in [4.78, 5) is 11.1. The zero-order chi connectivity index (χ0) is 15.3. The molecule has 0 amide bonds. The molecule has 0 fully saturated rings. The molecule has 4 rings (SSSR count). The van der Waals surface area contributed by atoms with Crippen LogP contribution in [0.15, 0.2) is 46.5 Å². The van der Waals surface area contributed by atoms with Crippen LogP contribution in [0.1, 0.15) is 30.4 Å². The minimum atomic E-state index is -0.299. The Morgan fingerprint density at radius 2 is 1.86 bits per heavy atom. The monoisotopic (exact) mass is 355 g/mol. The van der Waals surface area contributed by atoms with Crippen molar-refractivity contribution < 1.29 is 4.92 Å². The molecule has 0 saturated heterocycles. The van der Waals surface area contributed by atoms with E-state index in [-0.39, 0.29) is 10.6 Å². The normalized spacial score (nSPS) is 16.6. The largest absolute Gasteiger partial charge is 0.291 e. The molecule has 0 aromatic heterocycles. The smallest absolute Gasteiger partial charge is 0.258 e. The van der Waals surface area contributed by atoms with Gasteiger partial charge in [-0.25, -0.2) is 0 Å². The highest BCUT2D eigenvalue weighted by atomic mass is 79.9. The summed E-state index contributed by atoms with van der Waals surface area (Å²) in [5.74, 6) is 0. The second-order valence-electron chi connectivity index (χ2n) is 5.80. The van der Waals surface area contributed by atoms with Gasteiger partial charge in [0.1, 0.15) is 0 Å². The van der Waals surface area contributed by atoms with Gasteiger partial charge in [-0.2, -0.15) is 0 Å². The van der Waals surface area contributed by atoms with Crippen molar-refractivity contribution in [2.45, 2.75) is 25.7 Å². The fourth-order valence-corrected chi connectivity index (χ4v) is 4.15. The summed E-state index contributed by atoms with van der Waals surface area (Å²) in [6, 6.07) is 7.75. The van der Waals surface area contributed by atoms with Gasteiger partial charge < -0.3 is 0 Å². The van der Waals surface area contributed by atoms with Crippen molar-refractivity contribution in [1.82, 2.24) is 0 Å². The Bertz CT molecular complexity index is 880. The second-order valence-corrected chi connectivity index (χ2v) is 6.65. The first kappa shape index (κ1) is 13.7. The molecule has 0 atom stereocenters. The van der Waals surface area contributed by atoms with Gasteiger partial charge in [-0.3, -0.25) is 10.1 Å². The first-order valence-corrected chi connectivity index (χ1v) is 8.23. The van der Waals surface area contributed by atoms with Gasteiger partial charge in [0, 0.05) is 0 Å². The maximum Gasteiger partial charge on any atom is 0.291 e. The van der Waals surface area contributed by atoms with Gasteiger partial charge in [-0.05, 0) is 75.8 Å². The highest BCUT2D eigenvalue weighted by molar-refractivity contribution is 9.10. The van der Waals surface area contributed by atoms with E-state index in [0.29, 0.717) is 4.47 Å². The molecule has 0 saturated carbocycles. The number of allylic oxidation sites excluding steroid dienone is 4. The van der Waals surface area contributed by atoms with Crippen molar-refractivity contribution in [3.05, 3.63) is 67.7 Å². The SMILES string of the molecule is O=[N+]([O-])c1c(Br)ccc2c3c(ccc12)C1=C(CCC=C1)CC3. The number of fused-ring (bicyclic) bond motifs is 4. The van der Waals surface area contributed by atoms with E-state index in [1.807, 2.05) is 12.1 Å². The van der Waals surface area contributed by atoms with Crippen LogP contribution < -0.4 is 0 Å². The maximum absolute atomic E-state index is 11.4. The van der Waals surface area contributed by atoms with E-state index in [1.54, 1.807) is 6.07 Å². The molecule has 2 aromatic carbocycles. The summed E-state index contributed by atoms with van der Waals surface area (Å²) in [7, 11) is 0. The zero-order valence-corrected chi connectivity index (χ0v) is 13.5. The van der Waals surface area contributed by atoms with Crippen LogP contribution in [-0.4, -0.2) is 4.92 Å². The second kappa shape index (κ2) is 5.06. The first-order chi connectivity index (χ1) is 10.7. The Hall–Kier alpha value is -1.94. The molecular formula is C18H14BrNO2. The topological polar surface area (TPSA) is 43.1 Å². The van der Waals surface area contributed by atoms with Crippen molar-refractivity contribution in [2.75, 3.05) is 0 Å². The molecule has 2 aromatic rings. The lowest BCUT2D eigenvalue weighted by Crippen LogP contribution is -2.07. The molecule has 4 heteroatoms. The third-order valence-corrected chi connectivity index (χ3v) is 5.30. The van der Waals surface area contributed by atoms with E-state index < -0.39 is 0 Å². The standard InChI is InChI=1S/C18H14BrNO2/c19-17-10-9-15-14-6-5-11-3-1-2-4-12(11)13(14)7-8-16(15)18(17)20(21)22/h2,4,7-10H,1,3,5-6H2. The fraction of sp³-hybridized carbons (Fsp3) is 0.222. The molecule has 0 radical (unpaired) electrons. The minimum Gasteiger partial charge on any atom is -0.258 e. The van der Waals surface area contributed by atoms with Crippen molar-refractivity contribution in [3.63, 3.8) is 0 Å². The van der Waals surface area contributed by atoms with E-state index in [1.165, 1.54) is 22.3 Å². The molecule has 0 unspecified atom stereocenters. The van der Waals surface area contributed by atoms with Gasteiger partial charge in [0.2, 0.25) is 0 Å². The lowest BCUT2D eigenvalue weighted by atomic mass is 9.79. The summed E-state index contributed by atoms with van der Waals surface area (Å²) in [6.45, 7) is 0. The summed E-state index contributed by atoms with van der Waals surface area (Å²) >= 11 is 3.31. The molecule has 22 heavy (non-hydrogen) atoms. The van der Waals surface area contributed by atoms with Crippen LogP contribution >= 0.6 is 15.9 Å². The lowest BCUT2D eigenvalue weighted by molar-refractivity contribution is -0.383. The molecule has 110 valence electrons. The lowest BCUT2D eigenvalue weighted by Gasteiger charge is -2.25. The Morgan fingerprint density at radius 1 is 1.05 bits per heavy atom. The van der Waals surface area contributed by atoms with Crippen LogP contribution in [0.2, 0.25) is 0 Å². The van der Waals surface area contributed by atoms with Gasteiger partial charge in [-0.15, -0.1) is 0 Å². The zero-order valence-electron chi connectivity index (χ0n) is 11.9. The molecule has 0 bridgehead atoms. The molecule has 2 aliphatic carbocycles. The van der Waals surface area contributed by atoms with Crippen molar-refractivity contribution in [2.24, 2.45) is 0 Å². The predicted molar refractivity (Wildman–Crippen MR) is 91.9 cm³/mol. The van der Waals surface area contributed by atoms with Gasteiger partial charge in [-0.1, -0.05) is 29.9 Å². The van der Waals surface area contributed by atoms with Crippen molar-refractivity contribution >= 4 is 38.0 Å². The third kappa shape index (κ3) is 1.94. The van der Waals surface area contributed by atoms with E-state index in [9.17, 15) is 10.1 Å². The molecule has 0 N–H and O–H groups in total. The molecule has 0 spiro atoms. The Labute approximate surface area is 136 Å². The number of nitro groups is 1. The Kier molecular flexibility index (Phi) is 3.15. The number of nitrogens with zero attached hydrogens (tertiary/aromatic N) is 1. The van der Waals surface area contributed by atoms with Gasteiger partial charge in [0.05, 0.1) is 14.8 Å². The summed E-state index contributed by atoms with van der Waals surface area (Å²) < 4.78 is 0.540. The van der Waals surface area contributed by atoms with E-state index in [2.05, 4.69) is 34.1 Å². The van der Waals surface area contributed by atoms with Crippen LogP contribution in [-0.2, 0) is 6.42 Å². The van der Waals surface area contributed by atoms with Crippen LogP contribution in [0.4, 0.5) is 5.69 Å². The molecular weight excluding hydrogens is 342 g/mol. The number of nitro benzene ring substituents is 1. The number of rotatable bonds is 1. The summed E-state index contributed by atoms with van der Waals surface area (Å²) in [5.41, 5.74) is 5.53. The van der Waals surface area contributed by atoms with E-state index in [0.717, 1.165) is 36.5 Å². The number of aryl methyl sites for hydroxylation is 1. The summed E-state index contributed by atoms with van der Waals surface area (Å²) in [5, 5.41) is 13.1. The van der Waals surface area contributed by atoms with Crippen LogP contribution in [0.3, 0.4) is 0 Å². The Balaban J connectivity index is 2.03. The van der Waals surface area contributed by atoms with Crippen LogP contribution in [0.5, 0.6) is 0 Å². The number of benzene rings is 2. The maximum atomic E-state index is 11.4. The number of hydrogen-bond acceptors (Lipinski definition) is 2. The average Bonchev–Trinajstić information content (AvgIpc) is 2.53. The third-order valence-electron chi connectivity index (χ3n) is 4.66. The van der Waals surface area contributed by atoms with Crippen molar-refractivity contribution in [3.8, 4) is 0 Å². The van der Waals surface area contributed by atoms with Gasteiger partial charge >= 0.3 is 0 Å². The quantitative estimate of drug-likeness (QED) is 0.496. The summed E-state index contributed by atoms with van der Waals surface area (Å²) in [6.07, 6.45) is 8.75. The first-order valence-electron chi connectivity index (χ1n) is 7.44. The van der Waals surface area contributed by atoms with Crippen LogP contribution in [0, 0.1) is 10.1 Å². The highest BCUT2D eigenvalue weighted by Crippen LogP contribution is 2.42.